The predicted octanol–water partition coefficient (Wildman–Crippen LogP) is 0.390. The molecule has 0 bridgehead atoms. The van der Waals surface area contributed by atoms with Crippen LogP contribution in [0.5, 0.6) is 0 Å². The minimum atomic E-state index is -0.0830. The van der Waals surface area contributed by atoms with Crippen molar-refractivity contribution in [3.8, 4) is 0 Å². The van der Waals surface area contributed by atoms with E-state index in [4.69, 9.17) is 0 Å². The lowest BCUT2D eigenvalue weighted by molar-refractivity contribution is -0.122. The molecule has 0 aromatic rings. The van der Waals surface area contributed by atoms with E-state index in [1.165, 1.54) is 0 Å². The van der Waals surface area contributed by atoms with Crippen LogP contribution in [-0.4, -0.2) is 35.4 Å². The summed E-state index contributed by atoms with van der Waals surface area (Å²) >= 11 is 7.84. The number of hydrogen-bond acceptors (Lipinski definition) is 4. The van der Waals surface area contributed by atoms with Crippen molar-refractivity contribution < 1.29 is 9.59 Å². The summed E-state index contributed by atoms with van der Waals surface area (Å²) in [6.45, 7) is 0. The Kier molecular flexibility index (Phi) is 6.05. The SMILES string of the molecule is O=C(CS)N[C@H]1CCCC[C@@H]1NC(=O)CS. The number of amides is 2. The Morgan fingerprint density at radius 1 is 0.938 bits per heavy atom. The van der Waals surface area contributed by atoms with Gasteiger partial charge in [0.2, 0.25) is 11.8 Å². The van der Waals surface area contributed by atoms with Gasteiger partial charge in [-0.05, 0) is 12.8 Å². The van der Waals surface area contributed by atoms with Gasteiger partial charge in [-0.1, -0.05) is 12.8 Å². The van der Waals surface area contributed by atoms with Crippen LogP contribution >= 0.6 is 25.3 Å². The van der Waals surface area contributed by atoms with Crippen LogP contribution in [0, 0.1) is 0 Å². The lowest BCUT2D eigenvalue weighted by Crippen LogP contribution is -2.53. The topological polar surface area (TPSA) is 58.2 Å². The van der Waals surface area contributed by atoms with E-state index in [1.54, 1.807) is 0 Å². The number of nitrogens with one attached hydrogen (secondary N) is 2. The second-order valence-corrected chi connectivity index (χ2v) is 4.58. The first-order valence-electron chi connectivity index (χ1n) is 5.47. The van der Waals surface area contributed by atoms with Crippen LogP contribution in [0.3, 0.4) is 0 Å². The molecule has 2 atom stereocenters. The second-order valence-electron chi connectivity index (χ2n) is 3.95. The molecule has 2 amide bonds. The third kappa shape index (κ3) is 4.25. The van der Waals surface area contributed by atoms with Crippen molar-refractivity contribution in [2.45, 2.75) is 37.8 Å². The van der Waals surface area contributed by atoms with Gasteiger partial charge in [0.1, 0.15) is 0 Å². The van der Waals surface area contributed by atoms with E-state index >= 15 is 0 Å². The molecule has 0 aliphatic heterocycles. The van der Waals surface area contributed by atoms with Crippen molar-refractivity contribution >= 4 is 37.1 Å². The van der Waals surface area contributed by atoms with Gasteiger partial charge in [-0.2, -0.15) is 25.3 Å². The van der Waals surface area contributed by atoms with Crippen LogP contribution in [0.15, 0.2) is 0 Å². The Hall–Kier alpha value is -0.360. The highest BCUT2D eigenvalue weighted by atomic mass is 32.1. The first-order valence-corrected chi connectivity index (χ1v) is 6.74. The molecule has 1 fully saturated rings. The molecular weight excluding hydrogens is 244 g/mol. The highest BCUT2D eigenvalue weighted by molar-refractivity contribution is 7.81. The van der Waals surface area contributed by atoms with Gasteiger partial charge < -0.3 is 10.6 Å². The Labute approximate surface area is 107 Å². The zero-order valence-corrected chi connectivity index (χ0v) is 10.9. The van der Waals surface area contributed by atoms with E-state index in [0.717, 1.165) is 25.7 Å². The Bertz CT molecular complexity index is 235. The smallest absolute Gasteiger partial charge is 0.230 e. The number of carbonyl (C=O) groups excluding carboxylic acids is 2. The number of hydrogen-bond donors (Lipinski definition) is 4. The van der Waals surface area contributed by atoms with E-state index < -0.39 is 0 Å². The third-order valence-corrected chi connectivity index (χ3v) is 3.32. The molecule has 2 N–H and O–H groups in total. The maximum Gasteiger partial charge on any atom is 0.230 e. The fourth-order valence-electron chi connectivity index (χ4n) is 1.98. The molecule has 0 saturated heterocycles. The van der Waals surface area contributed by atoms with Crippen molar-refractivity contribution in [2.75, 3.05) is 11.5 Å². The lowest BCUT2D eigenvalue weighted by atomic mass is 9.90. The van der Waals surface area contributed by atoms with Gasteiger partial charge in [0.15, 0.2) is 0 Å². The molecule has 0 radical (unpaired) electrons. The van der Waals surface area contributed by atoms with Gasteiger partial charge >= 0.3 is 0 Å². The van der Waals surface area contributed by atoms with Crippen molar-refractivity contribution in [2.24, 2.45) is 0 Å². The van der Waals surface area contributed by atoms with E-state index in [0.29, 0.717) is 0 Å². The fraction of sp³-hybridized carbons (Fsp3) is 0.800. The summed E-state index contributed by atoms with van der Waals surface area (Å²) < 4.78 is 0. The summed E-state index contributed by atoms with van der Waals surface area (Å²) in [7, 11) is 0. The lowest BCUT2D eigenvalue weighted by Gasteiger charge is -2.32. The van der Waals surface area contributed by atoms with Crippen molar-refractivity contribution in [3.05, 3.63) is 0 Å². The van der Waals surface area contributed by atoms with Crippen molar-refractivity contribution in [1.82, 2.24) is 10.6 Å². The van der Waals surface area contributed by atoms with E-state index in [9.17, 15) is 9.59 Å². The maximum absolute atomic E-state index is 11.3. The highest BCUT2D eigenvalue weighted by Crippen LogP contribution is 2.18. The predicted molar refractivity (Wildman–Crippen MR) is 70.0 cm³/mol. The normalized spacial score (nSPS) is 24.9. The number of carbonyl (C=O) groups is 2. The second kappa shape index (κ2) is 7.06. The number of rotatable bonds is 4. The third-order valence-electron chi connectivity index (χ3n) is 2.75. The van der Waals surface area contributed by atoms with E-state index in [2.05, 4.69) is 35.9 Å². The summed E-state index contributed by atoms with van der Waals surface area (Å²) in [5.74, 6) is 0.203. The van der Waals surface area contributed by atoms with Crippen LogP contribution in [0.1, 0.15) is 25.7 Å². The van der Waals surface area contributed by atoms with Crippen LogP contribution in [0.4, 0.5) is 0 Å². The minimum Gasteiger partial charge on any atom is -0.351 e. The van der Waals surface area contributed by atoms with Crippen LogP contribution in [-0.2, 0) is 9.59 Å². The molecule has 6 heteroatoms. The summed E-state index contributed by atoms with van der Waals surface area (Å²) in [6, 6.07) is 0.0782. The summed E-state index contributed by atoms with van der Waals surface area (Å²) in [6.07, 6.45) is 4.00. The highest BCUT2D eigenvalue weighted by Gasteiger charge is 2.26. The van der Waals surface area contributed by atoms with Crippen LogP contribution in [0.25, 0.3) is 0 Å². The zero-order chi connectivity index (χ0) is 12.0. The molecule has 92 valence electrons. The summed E-state index contributed by atoms with van der Waals surface area (Å²) in [5.41, 5.74) is 0. The number of thiol groups is 2. The first-order chi connectivity index (χ1) is 7.67. The molecule has 0 spiro atoms. The van der Waals surface area contributed by atoms with Gasteiger partial charge in [-0.3, -0.25) is 9.59 Å². The summed E-state index contributed by atoms with van der Waals surface area (Å²) in [5, 5.41) is 5.79. The molecule has 0 aromatic carbocycles. The minimum absolute atomic E-state index is 0.0391. The van der Waals surface area contributed by atoms with Gasteiger partial charge in [-0.15, -0.1) is 0 Å². The van der Waals surface area contributed by atoms with E-state index in [1.807, 2.05) is 0 Å². The van der Waals surface area contributed by atoms with Crippen LogP contribution < -0.4 is 10.6 Å². The molecule has 0 aromatic heterocycles. The van der Waals surface area contributed by atoms with Crippen molar-refractivity contribution in [3.63, 3.8) is 0 Å². The largest absolute Gasteiger partial charge is 0.351 e. The van der Waals surface area contributed by atoms with Gasteiger partial charge in [0.25, 0.3) is 0 Å². The molecule has 1 saturated carbocycles. The Morgan fingerprint density at radius 3 is 1.62 bits per heavy atom. The van der Waals surface area contributed by atoms with E-state index in [-0.39, 0.29) is 35.4 Å². The molecule has 1 rings (SSSR count). The molecule has 4 nitrogen and oxygen atoms in total. The average molecular weight is 262 g/mol. The molecule has 0 unspecified atom stereocenters. The Balaban J connectivity index is 2.49. The van der Waals surface area contributed by atoms with Gasteiger partial charge in [-0.25, -0.2) is 0 Å². The molecule has 16 heavy (non-hydrogen) atoms. The summed E-state index contributed by atoms with van der Waals surface area (Å²) in [4.78, 5) is 22.5. The first kappa shape index (κ1) is 13.7. The van der Waals surface area contributed by atoms with Gasteiger partial charge in [0, 0.05) is 12.1 Å². The molecular formula is C10H18N2O2S2. The molecule has 1 aliphatic rings. The fourth-order valence-corrected chi connectivity index (χ4v) is 2.16. The average Bonchev–Trinajstić information content (AvgIpc) is 2.31. The monoisotopic (exact) mass is 262 g/mol. The molecule has 0 heterocycles. The quantitative estimate of drug-likeness (QED) is 0.554. The van der Waals surface area contributed by atoms with Gasteiger partial charge in [0.05, 0.1) is 11.5 Å². The Morgan fingerprint density at radius 2 is 1.31 bits per heavy atom. The maximum atomic E-state index is 11.3. The van der Waals surface area contributed by atoms with Crippen LogP contribution in [0.2, 0.25) is 0 Å². The molecule has 1 aliphatic carbocycles. The zero-order valence-electron chi connectivity index (χ0n) is 9.11. The standard InChI is InChI=1S/C10H18N2O2S2/c13-9(5-15)11-7-3-1-2-4-8(7)12-10(14)6-16/h7-8,15-16H,1-6H2,(H,11,13)(H,12,14)/t7-,8-/m0/s1. The van der Waals surface area contributed by atoms with Crippen molar-refractivity contribution in [1.29, 1.82) is 0 Å².